The second kappa shape index (κ2) is 8.90. The van der Waals surface area contributed by atoms with Gasteiger partial charge >= 0.3 is 5.97 Å². The van der Waals surface area contributed by atoms with Crippen LogP contribution in [0.1, 0.15) is 36.7 Å². The van der Waals surface area contributed by atoms with Crippen LogP contribution in [-0.2, 0) is 20.9 Å². The standard InChI is InChI=1S/C21H23N3O7/c1-11-15(24(27)31-23-11)10-30-16-9-7-6-8-14(16)19-17(20(25)28-4)12(2)22-13(3)18(19)21(26)29-5/h6-9,19,25H,10H2,1-5H3/b20-17+. The van der Waals surface area contributed by atoms with E-state index in [1.165, 1.54) is 14.2 Å². The zero-order valence-electron chi connectivity index (χ0n) is 17.8. The Morgan fingerprint density at radius 2 is 1.94 bits per heavy atom. The largest absolute Gasteiger partial charge is 0.484 e. The van der Waals surface area contributed by atoms with E-state index >= 15 is 0 Å². The minimum atomic E-state index is -0.774. The van der Waals surface area contributed by atoms with Gasteiger partial charge in [0.2, 0.25) is 11.4 Å². The van der Waals surface area contributed by atoms with Crippen LogP contribution in [0.15, 0.2) is 56.7 Å². The summed E-state index contributed by atoms with van der Waals surface area (Å²) in [6, 6.07) is 6.97. The number of nitrogens with zero attached hydrogens (tertiary/aromatic N) is 3. The summed E-state index contributed by atoms with van der Waals surface area (Å²) in [6.07, 6.45) is 0. The molecule has 0 bridgehead atoms. The smallest absolute Gasteiger partial charge is 0.336 e. The van der Waals surface area contributed by atoms with Crippen LogP contribution in [0, 0.1) is 12.1 Å². The number of benzene rings is 1. The topological polar surface area (TPSA) is 130 Å². The molecule has 1 aliphatic heterocycles. The summed E-state index contributed by atoms with van der Waals surface area (Å²) < 4.78 is 20.5. The highest BCUT2D eigenvalue weighted by molar-refractivity contribution is 6.06. The minimum absolute atomic E-state index is 0.110. The number of aryl methyl sites for hydroxylation is 1. The van der Waals surface area contributed by atoms with Crippen molar-refractivity contribution in [3.05, 3.63) is 69.2 Å². The molecule has 0 fully saturated rings. The molecule has 10 nitrogen and oxygen atoms in total. The fraction of sp³-hybridized carbons (Fsp3) is 0.333. The van der Waals surface area contributed by atoms with Crippen LogP contribution in [0.25, 0.3) is 0 Å². The molecular formula is C21H23N3O7. The normalized spacial score (nSPS) is 17.8. The highest BCUT2D eigenvalue weighted by Gasteiger charge is 2.38. The number of aliphatic imine (C=N–C) groups is 1. The quantitative estimate of drug-likeness (QED) is 0.421. The van der Waals surface area contributed by atoms with E-state index in [1.54, 1.807) is 45.0 Å². The number of allylic oxidation sites excluding steroid dienone is 2. The molecule has 3 rings (SSSR count). The Kier molecular flexibility index (Phi) is 6.28. The Hall–Kier alpha value is -3.82. The van der Waals surface area contributed by atoms with E-state index in [0.29, 0.717) is 34.0 Å². The molecule has 10 heteroatoms. The van der Waals surface area contributed by atoms with Gasteiger partial charge in [-0.15, -0.1) is 0 Å². The van der Waals surface area contributed by atoms with Crippen LogP contribution >= 0.6 is 0 Å². The van der Waals surface area contributed by atoms with E-state index in [4.69, 9.17) is 14.2 Å². The Balaban J connectivity index is 2.14. The molecule has 1 unspecified atom stereocenters. The molecule has 0 saturated carbocycles. The van der Waals surface area contributed by atoms with Crippen molar-refractivity contribution in [2.75, 3.05) is 14.2 Å². The van der Waals surface area contributed by atoms with Crippen molar-refractivity contribution in [1.82, 2.24) is 5.16 Å². The summed E-state index contributed by atoms with van der Waals surface area (Å²) in [7, 11) is 2.59. The average molecular weight is 429 g/mol. The Morgan fingerprint density at radius 3 is 2.55 bits per heavy atom. The number of aromatic nitrogens is 2. The molecule has 0 saturated heterocycles. The van der Waals surface area contributed by atoms with Crippen LogP contribution in [-0.4, -0.2) is 36.2 Å². The molecule has 2 aromatic rings. The van der Waals surface area contributed by atoms with Gasteiger partial charge in [-0.1, -0.05) is 18.2 Å². The van der Waals surface area contributed by atoms with Crippen molar-refractivity contribution in [1.29, 1.82) is 0 Å². The molecule has 1 aliphatic rings. The zero-order chi connectivity index (χ0) is 22.7. The van der Waals surface area contributed by atoms with Crippen molar-refractivity contribution in [3.8, 4) is 5.75 Å². The number of aliphatic hydroxyl groups is 1. The minimum Gasteiger partial charge on any atom is -0.484 e. The molecule has 1 aromatic carbocycles. The first kappa shape index (κ1) is 21.9. The van der Waals surface area contributed by atoms with Gasteiger partial charge in [-0.2, -0.15) is 0 Å². The highest BCUT2D eigenvalue weighted by atomic mass is 16.8. The molecule has 0 spiro atoms. The van der Waals surface area contributed by atoms with Crippen molar-refractivity contribution >= 4 is 11.7 Å². The van der Waals surface area contributed by atoms with Crippen molar-refractivity contribution in [2.45, 2.75) is 33.3 Å². The third-order valence-corrected chi connectivity index (χ3v) is 5.01. The first-order valence-corrected chi connectivity index (χ1v) is 9.38. The van der Waals surface area contributed by atoms with Gasteiger partial charge in [-0.05, 0) is 24.8 Å². The lowest BCUT2D eigenvalue weighted by molar-refractivity contribution is -0.808. The predicted molar refractivity (Wildman–Crippen MR) is 108 cm³/mol. The Labute approximate surface area is 178 Å². The van der Waals surface area contributed by atoms with Gasteiger partial charge in [0.25, 0.3) is 5.95 Å². The monoisotopic (exact) mass is 429 g/mol. The molecule has 1 aromatic heterocycles. The van der Waals surface area contributed by atoms with Gasteiger partial charge in [-0.25, -0.2) is 4.79 Å². The molecule has 2 heterocycles. The molecule has 1 N–H and O–H groups in total. The lowest BCUT2D eigenvalue weighted by Gasteiger charge is -2.28. The first-order valence-electron chi connectivity index (χ1n) is 9.38. The lowest BCUT2D eigenvalue weighted by atomic mass is 9.79. The average Bonchev–Trinajstić information content (AvgIpc) is 3.08. The van der Waals surface area contributed by atoms with Gasteiger partial charge in [-0.3, -0.25) is 9.62 Å². The number of carbonyl (C=O) groups excluding carboxylic acids is 1. The number of ether oxygens (including phenoxy) is 3. The van der Waals surface area contributed by atoms with Crippen molar-refractivity contribution in [3.63, 3.8) is 0 Å². The van der Waals surface area contributed by atoms with E-state index in [2.05, 4.69) is 14.8 Å². The fourth-order valence-corrected chi connectivity index (χ4v) is 3.49. The maximum absolute atomic E-state index is 12.7. The van der Waals surface area contributed by atoms with Gasteiger partial charge in [0, 0.05) is 29.1 Å². The summed E-state index contributed by atoms with van der Waals surface area (Å²) in [4.78, 5) is 17.3. The lowest BCUT2D eigenvalue weighted by Crippen LogP contribution is -2.29. The number of hydrogen-bond donors (Lipinski definition) is 1. The van der Waals surface area contributed by atoms with Crippen molar-refractivity contribution < 1.29 is 33.6 Å². The second-order valence-electron chi connectivity index (χ2n) is 6.83. The van der Waals surface area contributed by atoms with Gasteiger partial charge in [0.05, 0.1) is 31.3 Å². The number of para-hydroxylation sites is 1. The fourth-order valence-electron chi connectivity index (χ4n) is 3.49. The van der Waals surface area contributed by atoms with Crippen LogP contribution in [0.3, 0.4) is 0 Å². The van der Waals surface area contributed by atoms with E-state index in [1.807, 2.05) is 0 Å². The molecule has 164 valence electrons. The molecular weight excluding hydrogens is 406 g/mol. The number of carbonyl (C=O) groups is 1. The number of methoxy groups -OCH3 is 2. The van der Waals surface area contributed by atoms with E-state index in [9.17, 15) is 15.1 Å². The number of esters is 1. The van der Waals surface area contributed by atoms with Gasteiger partial charge < -0.3 is 24.5 Å². The van der Waals surface area contributed by atoms with Crippen LogP contribution in [0.4, 0.5) is 0 Å². The summed E-state index contributed by atoms with van der Waals surface area (Å²) in [5, 5.41) is 25.9. The van der Waals surface area contributed by atoms with Crippen LogP contribution in [0.2, 0.25) is 0 Å². The first-order chi connectivity index (χ1) is 14.8. The molecule has 0 radical (unpaired) electrons. The molecule has 0 aliphatic carbocycles. The zero-order valence-corrected chi connectivity index (χ0v) is 17.8. The maximum atomic E-state index is 12.7. The third kappa shape index (κ3) is 4.09. The summed E-state index contributed by atoms with van der Waals surface area (Å²) in [5.41, 5.74) is 2.65. The van der Waals surface area contributed by atoms with Crippen molar-refractivity contribution in [2.24, 2.45) is 4.99 Å². The molecule has 1 atom stereocenters. The van der Waals surface area contributed by atoms with Crippen LogP contribution < -0.4 is 9.64 Å². The summed E-state index contributed by atoms with van der Waals surface area (Å²) in [5.74, 6) is -1.35. The Bertz CT molecular complexity index is 1080. The molecule has 31 heavy (non-hydrogen) atoms. The van der Waals surface area contributed by atoms with Gasteiger partial charge in [0.15, 0.2) is 6.61 Å². The number of hydrogen-bond acceptors (Lipinski definition) is 9. The highest BCUT2D eigenvalue weighted by Crippen LogP contribution is 2.43. The third-order valence-electron chi connectivity index (χ3n) is 5.01. The molecule has 0 amide bonds. The predicted octanol–water partition coefficient (Wildman–Crippen LogP) is 2.62. The van der Waals surface area contributed by atoms with E-state index < -0.39 is 11.9 Å². The van der Waals surface area contributed by atoms with Crippen LogP contribution in [0.5, 0.6) is 5.75 Å². The summed E-state index contributed by atoms with van der Waals surface area (Å²) >= 11 is 0. The van der Waals surface area contributed by atoms with E-state index in [0.717, 1.165) is 0 Å². The number of aliphatic hydroxyl groups excluding tert-OH is 1. The Morgan fingerprint density at radius 1 is 1.23 bits per heavy atom. The van der Waals surface area contributed by atoms with Gasteiger partial charge in [0.1, 0.15) is 5.75 Å². The maximum Gasteiger partial charge on any atom is 0.336 e. The SMILES string of the molecule is COC(=O)C1=C(C)N=C(C)/C(=C(/O)OC)C1c1ccccc1OCc1c(C)no[n+]1[O-]. The van der Waals surface area contributed by atoms with E-state index in [-0.39, 0.29) is 28.7 Å². The number of rotatable bonds is 6. The summed E-state index contributed by atoms with van der Waals surface area (Å²) in [6.45, 7) is 4.91. The second-order valence-corrected chi connectivity index (χ2v) is 6.83.